The number of hydrogen-bond acceptors (Lipinski definition) is 4. The molecule has 28 heavy (non-hydrogen) atoms. The fourth-order valence-corrected chi connectivity index (χ4v) is 2.94. The number of nitrogens with one attached hydrogen (secondary N) is 2. The third-order valence-corrected chi connectivity index (χ3v) is 4.33. The van der Waals surface area contributed by atoms with E-state index in [4.69, 9.17) is 9.47 Å². The van der Waals surface area contributed by atoms with E-state index >= 15 is 0 Å². The minimum Gasteiger partial charge on any atom is -0.491 e. The zero-order chi connectivity index (χ0) is 19.8. The molecule has 148 valence electrons. The summed E-state index contributed by atoms with van der Waals surface area (Å²) in [5, 5.41) is 5.46. The molecule has 0 atom stereocenters. The summed E-state index contributed by atoms with van der Waals surface area (Å²) in [6.45, 7) is 4.13. The van der Waals surface area contributed by atoms with E-state index in [1.54, 1.807) is 11.0 Å². The first-order chi connectivity index (χ1) is 13.7. The van der Waals surface area contributed by atoms with Gasteiger partial charge in [-0.3, -0.25) is 4.79 Å². The van der Waals surface area contributed by atoms with E-state index in [1.807, 2.05) is 49.4 Å². The number of hydrogen-bond donors (Lipinski definition) is 2. The highest BCUT2D eigenvalue weighted by molar-refractivity contribution is 5.89. The number of amides is 3. The highest BCUT2D eigenvalue weighted by Gasteiger charge is 2.20. The number of ether oxygens (including phenoxy) is 2. The van der Waals surface area contributed by atoms with Crippen LogP contribution in [-0.4, -0.2) is 43.1 Å². The third kappa shape index (κ3) is 5.47. The minimum atomic E-state index is -0.265. The Morgan fingerprint density at radius 3 is 2.79 bits per heavy atom. The Bertz CT molecular complexity index is 811. The Labute approximate surface area is 164 Å². The molecule has 0 saturated heterocycles. The lowest BCUT2D eigenvalue weighted by molar-refractivity contribution is -0.137. The van der Waals surface area contributed by atoms with Gasteiger partial charge in [-0.2, -0.15) is 0 Å². The maximum Gasteiger partial charge on any atom is 0.319 e. The minimum absolute atomic E-state index is 0.0150. The molecule has 0 unspecified atom stereocenters. The molecule has 7 heteroatoms. The van der Waals surface area contributed by atoms with Gasteiger partial charge in [0, 0.05) is 24.3 Å². The third-order valence-electron chi connectivity index (χ3n) is 4.33. The van der Waals surface area contributed by atoms with E-state index in [1.165, 1.54) is 0 Å². The average Bonchev–Trinajstić information content (AvgIpc) is 2.91. The highest BCUT2D eigenvalue weighted by Crippen LogP contribution is 2.26. The van der Waals surface area contributed by atoms with Crippen LogP contribution in [0, 0.1) is 0 Å². The maximum absolute atomic E-state index is 12.6. The Kier molecular flexibility index (Phi) is 6.86. The van der Waals surface area contributed by atoms with Crippen LogP contribution < -0.4 is 15.4 Å². The fourth-order valence-electron chi connectivity index (χ4n) is 2.94. The molecule has 7 nitrogen and oxygen atoms in total. The molecule has 2 aromatic carbocycles. The number of nitrogens with zero attached hydrogens (tertiary/aromatic N) is 1. The SMILES string of the molecule is CCNC(=O)Nc1ccc2c(c1)CN(C(=O)COCc1ccccc1)CCO2. The van der Waals surface area contributed by atoms with Crippen molar-refractivity contribution in [3.05, 3.63) is 59.7 Å². The van der Waals surface area contributed by atoms with Gasteiger partial charge < -0.3 is 25.0 Å². The second-order valence-corrected chi connectivity index (χ2v) is 6.45. The smallest absolute Gasteiger partial charge is 0.319 e. The van der Waals surface area contributed by atoms with Crippen LogP contribution >= 0.6 is 0 Å². The van der Waals surface area contributed by atoms with E-state index < -0.39 is 0 Å². The van der Waals surface area contributed by atoms with Crippen LogP contribution in [0.15, 0.2) is 48.5 Å². The Morgan fingerprint density at radius 2 is 2.00 bits per heavy atom. The summed E-state index contributed by atoms with van der Waals surface area (Å²) in [6.07, 6.45) is 0. The van der Waals surface area contributed by atoms with Gasteiger partial charge in [0.15, 0.2) is 0 Å². The molecule has 1 aliphatic heterocycles. The summed E-state index contributed by atoms with van der Waals surface area (Å²) in [6, 6.07) is 14.9. The number of benzene rings is 2. The summed E-state index contributed by atoms with van der Waals surface area (Å²) < 4.78 is 11.3. The molecule has 0 spiro atoms. The molecular formula is C21H25N3O4. The summed E-state index contributed by atoms with van der Waals surface area (Å²) in [5.74, 6) is 0.636. The summed E-state index contributed by atoms with van der Waals surface area (Å²) in [7, 11) is 0. The van der Waals surface area contributed by atoms with Crippen molar-refractivity contribution >= 4 is 17.6 Å². The van der Waals surface area contributed by atoms with E-state index in [-0.39, 0.29) is 18.5 Å². The number of rotatable bonds is 6. The van der Waals surface area contributed by atoms with Crippen molar-refractivity contribution in [1.82, 2.24) is 10.2 Å². The predicted molar refractivity (Wildman–Crippen MR) is 106 cm³/mol. The van der Waals surface area contributed by atoms with Crippen LogP contribution in [0.3, 0.4) is 0 Å². The van der Waals surface area contributed by atoms with Gasteiger partial charge in [-0.05, 0) is 30.7 Å². The quantitative estimate of drug-likeness (QED) is 0.804. The number of carbonyl (C=O) groups is 2. The van der Waals surface area contributed by atoms with Crippen molar-refractivity contribution in [3.8, 4) is 5.75 Å². The molecule has 0 saturated carbocycles. The molecule has 0 aliphatic carbocycles. The van der Waals surface area contributed by atoms with Crippen molar-refractivity contribution in [2.24, 2.45) is 0 Å². The van der Waals surface area contributed by atoms with Crippen LogP contribution in [0.2, 0.25) is 0 Å². The zero-order valence-electron chi connectivity index (χ0n) is 15.9. The molecule has 2 N–H and O–H groups in total. The molecule has 0 bridgehead atoms. The van der Waals surface area contributed by atoms with Gasteiger partial charge in [0.1, 0.15) is 19.0 Å². The summed E-state index contributed by atoms with van der Waals surface area (Å²) >= 11 is 0. The Morgan fingerprint density at radius 1 is 1.18 bits per heavy atom. The number of carbonyl (C=O) groups excluding carboxylic acids is 2. The molecule has 3 rings (SSSR count). The maximum atomic E-state index is 12.6. The van der Waals surface area contributed by atoms with Gasteiger partial charge in [0.25, 0.3) is 0 Å². The van der Waals surface area contributed by atoms with Crippen LogP contribution in [-0.2, 0) is 22.7 Å². The monoisotopic (exact) mass is 383 g/mol. The lowest BCUT2D eigenvalue weighted by Gasteiger charge is -2.20. The number of anilines is 1. The van der Waals surface area contributed by atoms with Gasteiger partial charge >= 0.3 is 6.03 Å². The fraction of sp³-hybridized carbons (Fsp3) is 0.333. The van der Waals surface area contributed by atoms with Crippen LogP contribution in [0.25, 0.3) is 0 Å². The normalized spacial score (nSPS) is 13.1. The van der Waals surface area contributed by atoms with E-state index in [0.717, 1.165) is 16.9 Å². The molecule has 1 aliphatic rings. The van der Waals surface area contributed by atoms with Crippen molar-refractivity contribution in [3.63, 3.8) is 0 Å². The first-order valence-corrected chi connectivity index (χ1v) is 9.35. The molecule has 2 aromatic rings. The highest BCUT2D eigenvalue weighted by atomic mass is 16.5. The molecule has 0 fully saturated rings. The standard InChI is InChI=1S/C21H25N3O4/c1-2-22-21(26)23-18-8-9-19-17(12-18)13-24(10-11-28-19)20(25)15-27-14-16-6-4-3-5-7-16/h3-9,12H,2,10-11,13-15H2,1H3,(H2,22,23,26). The first kappa shape index (κ1) is 19.7. The van der Waals surface area contributed by atoms with E-state index in [0.29, 0.717) is 38.5 Å². The average molecular weight is 383 g/mol. The molecule has 3 amide bonds. The lowest BCUT2D eigenvalue weighted by Crippen LogP contribution is -2.35. The van der Waals surface area contributed by atoms with Crippen LogP contribution in [0.5, 0.6) is 5.75 Å². The van der Waals surface area contributed by atoms with Gasteiger partial charge in [0.05, 0.1) is 13.2 Å². The zero-order valence-corrected chi connectivity index (χ0v) is 15.9. The van der Waals surface area contributed by atoms with Crippen molar-refractivity contribution in [2.75, 3.05) is 31.6 Å². The van der Waals surface area contributed by atoms with Crippen LogP contribution in [0.1, 0.15) is 18.1 Å². The van der Waals surface area contributed by atoms with Crippen LogP contribution in [0.4, 0.5) is 10.5 Å². The predicted octanol–water partition coefficient (Wildman–Crippen LogP) is 2.77. The van der Waals surface area contributed by atoms with Gasteiger partial charge in [0.2, 0.25) is 5.91 Å². The van der Waals surface area contributed by atoms with E-state index in [2.05, 4.69) is 10.6 Å². The topological polar surface area (TPSA) is 79.9 Å². The molecule has 1 heterocycles. The second-order valence-electron chi connectivity index (χ2n) is 6.45. The molecule has 0 aromatic heterocycles. The van der Waals surface area contributed by atoms with Gasteiger partial charge in [-0.25, -0.2) is 4.79 Å². The van der Waals surface area contributed by atoms with Crippen molar-refractivity contribution < 1.29 is 19.1 Å². The second kappa shape index (κ2) is 9.75. The van der Waals surface area contributed by atoms with Crippen molar-refractivity contribution in [1.29, 1.82) is 0 Å². The summed E-state index contributed by atoms with van der Waals surface area (Å²) in [5.41, 5.74) is 2.53. The lowest BCUT2D eigenvalue weighted by atomic mass is 10.1. The largest absolute Gasteiger partial charge is 0.491 e. The molecule has 0 radical (unpaired) electrons. The first-order valence-electron chi connectivity index (χ1n) is 9.35. The Balaban J connectivity index is 1.59. The Hall–Kier alpha value is -3.06. The van der Waals surface area contributed by atoms with Crippen molar-refractivity contribution in [2.45, 2.75) is 20.1 Å². The molecular weight excluding hydrogens is 358 g/mol. The van der Waals surface area contributed by atoms with Gasteiger partial charge in [-0.15, -0.1) is 0 Å². The number of urea groups is 1. The van der Waals surface area contributed by atoms with E-state index in [9.17, 15) is 9.59 Å². The number of fused-ring (bicyclic) bond motifs is 1. The van der Waals surface area contributed by atoms with Gasteiger partial charge in [-0.1, -0.05) is 30.3 Å². The summed E-state index contributed by atoms with van der Waals surface area (Å²) in [4.78, 5) is 26.0.